The lowest BCUT2D eigenvalue weighted by Gasteiger charge is -2.18. The van der Waals surface area contributed by atoms with E-state index in [1.165, 1.54) is 6.07 Å². The van der Waals surface area contributed by atoms with Gasteiger partial charge in [-0.25, -0.2) is 0 Å². The number of aliphatic hydroxyl groups is 1. The van der Waals surface area contributed by atoms with Crippen molar-refractivity contribution in [3.8, 4) is 0 Å². The largest absolute Gasteiger partial charge is 0.416 e. The minimum absolute atomic E-state index is 0.250. The highest BCUT2D eigenvalue weighted by Gasteiger charge is 2.31. The Morgan fingerprint density at radius 2 is 1.94 bits per heavy atom. The summed E-state index contributed by atoms with van der Waals surface area (Å²) in [4.78, 5) is 0. The maximum Gasteiger partial charge on any atom is 0.416 e. The smallest absolute Gasteiger partial charge is 0.397 e. The first-order valence-corrected chi connectivity index (χ1v) is 5.49. The fourth-order valence-corrected chi connectivity index (χ4v) is 1.66. The second-order valence-electron chi connectivity index (χ2n) is 3.72. The number of alkyl halides is 3. The molecule has 17 heavy (non-hydrogen) atoms. The molecule has 0 radical (unpaired) electrons. The van der Waals surface area contributed by atoms with Crippen molar-refractivity contribution in [3.63, 3.8) is 0 Å². The summed E-state index contributed by atoms with van der Waals surface area (Å²) in [5, 5.41) is 10.6. The predicted molar refractivity (Wildman–Crippen MR) is 59.6 cm³/mol. The van der Waals surface area contributed by atoms with Crippen LogP contribution in [0.5, 0.6) is 0 Å². The van der Waals surface area contributed by atoms with Crippen molar-refractivity contribution in [1.82, 2.24) is 5.32 Å². The first-order valence-electron chi connectivity index (χ1n) is 5.49. The Hall–Kier alpha value is -1.07. The molecular weight excluding hydrogens is 231 g/mol. The Kier molecular flexibility index (Phi) is 4.96. The van der Waals surface area contributed by atoms with E-state index in [0.717, 1.165) is 30.2 Å². The zero-order valence-electron chi connectivity index (χ0n) is 9.64. The number of benzene rings is 1. The molecule has 0 aromatic heterocycles. The van der Waals surface area contributed by atoms with Crippen LogP contribution in [0.3, 0.4) is 0 Å². The first-order chi connectivity index (χ1) is 7.99. The Bertz CT molecular complexity index is 363. The molecule has 0 bridgehead atoms. The number of nitrogens with one attached hydrogen (secondary N) is 1. The van der Waals surface area contributed by atoms with Gasteiger partial charge in [0.2, 0.25) is 0 Å². The summed E-state index contributed by atoms with van der Waals surface area (Å²) in [6.07, 6.45) is -3.42. The van der Waals surface area contributed by atoms with Crippen LogP contribution in [0.1, 0.15) is 23.6 Å². The number of aliphatic hydroxyl groups excluding tert-OH is 1. The topological polar surface area (TPSA) is 32.3 Å². The molecule has 5 heteroatoms. The van der Waals surface area contributed by atoms with Crippen LogP contribution in [0, 0.1) is 0 Å². The van der Waals surface area contributed by atoms with E-state index in [2.05, 4.69) is 5.32 Å². The lowest BCUT2D eigenvalue weighted by atomic mass is 9.98. The van der Waals surface area contributed by atoms with Gasteiger partial charge >= 0.3 is 6.18 Å². The molecule has 96 valence electrons. The second-order valence-corrected chi connectivity index (χ2v) is 3.72. The third-order valence-corrected chi connectivity index (χ3v) is 2.42. The van der Waals surface area contributed by atoms with Crippen LogP contribution < -0.4 is 5.32 Å². The Balaban J connectivity index is 0.000000437. The molecule has 2 N–H and O–H groups in total. The lowest BCUT2D eigenvalue weighted by molar-refractivity contribution is -0.137. The van der Waals surface area contributed by atoms with Gasteiger partial charge in [-0.3, -0.25) is 0 Å². The summed E-state index contributed by atoms with van der Waals surface area (Å²) in [7, 11) is 0. The summed E-state index contributed by atoms with van der Waals surface area (Å²) in [5.74, 6) is 0. The molecule has 1 aliphatic heterocycles. The summed E-state index contributed by atoms with van der Waals surface area (Å²) in [5.41, 5.74) is 1.24. The maximum atomic E-state index is 12.3. The number of fused-ring (bicyclic) bond motifs is 1. The van der Waals surface area contributed by atoms with E-state index in [9.17, 15) is 13.2 Å². The number of hydrogen-bond acceptors (Lipinski definition) is 2. The molecule has 1 heterocycles. The molecule has 1 aromatic rings. The van der Waals surface area contributed by atoms with Crippen molar-refractivity contribution in [3.05, 3.63) is 34.9 Å². The van der Waals surface area contributed by atoms with E-state index in [1.807, 2.05) is 0 Å². The molecule has 0 fully saturated rings. The van der Waals surface area contributed by atoms with E-state index in [0.29, 0.717) is 6.54 Å². The Labute approximate surface area is 98.5 Å². The van der Waals surface area contributed by atoms with E-state index in [1.54, 1.807) is 13.0 Å². The fraction of sp³-hybridized carbons (Fsp3) is 0.500. The highest BCUT2D eigenvalue weighted by atomic mass is 19.4. The third kappa shape index (κ3) is 4.02. The average Bonchev–Trinajstić information content (AvgIpc) is 2.28. The van der Waals surface area contributed by atoms with Crippen molar-refractivity contribution in [1.29, 1.82) is 0 Å². The molecule has 0 unspecified atom stereocenters. The van der Waals surface area contributed by atoms with Crippen molar-refractivity contribution >= 4 is 0 Å². The van der Waals surface area contributed by atoms with Gasteiger partial charge in [0.1, 0.15) is 0 Å². The van der Waals surface area contributed by atoms with Crippen molar-refractivity contribution in [2.45, 2.75) is 26.1 Å². The van der Waals surface area contributed by atoms with Gasteiger partial charge < -0.3 is 10.4 Å². The monoisotopic (exact) mass is 247 g/mol. The molecule has 1 aliphatic rings. The normalized spacial score (nSPS) is 14.6. The van der Waals surface area contributed by atoms with Crippen LogP contribution in [0.25, 0.3) is 0 Å². The minimum Gasteiger partial charge on any atom is -0.397 e. The molecular formula is C12H16F3NO. The molecule has 0 saturated carbocycles. The summed E-state index contributed by atoms with van der Waals surface area (Å²) in [6, 6.07) is 3.98. The molecule has 0 atom stereocenters. The number of hydrogen-bond donors (Lipinski definition) is 2. The summed E-state index contributed by atoms with van der Waals surface area (Å²) in [6.45, 7) is 3.32. The van der Waals surface area contributed by atoms with Crippen LogP contribution in [-0.2, 0) is 19.1 Å². The van der Waals surface area contributed by atoms with Crippen LogP contribution in [0.2, 0.25) is 0 Å². The van der Waals surface area contributed by atoms with Gasteiger partial charge in [-0.1, -0.05) is 6.07 Å². The standard InChI is InChI=1S/C10H10F3N.C2H6O/c11-10(12,13)9-2-1-7-3-4-14-6-8(7)5-9;1-2-3/h1-2,5,14H,3-4,6H2;3H,2H2,1H3. The molecule has 2 rings (SSSR count). The van der Waals surface area contributed by atoms with Crippen molar-refractivity contribution in [2.75, 3.05) is 13.2 Å². The third-order valence-electron chi connectivity index (χ3n) is 2.42. The molecule has 2 nitrogen and oxygen atoms in total. The minimum atomic E-state index is -4.23. The van der Waals surface area contributed by atoms with E-state index in [-0.39, 0.29) is 6.61 Å². The van der Waals surface area contributed by atoms with Crippen LogP contribution in [0.4, 0.5) is 13.2 Å². The van der Waals surface area contributed by atoms with Gasteiger partial charge in [-0.2, -0.15) is 13.2 Å². The van der Waals surface area contributed by atoms with Crippen LogP contribution in [0.15, 0.2) is 18.2 Å². The highest BCUT2D eigenvalue weighted by molar-refractivity contribution is 5.34. The zero-order chi connectivity index (χ0) is 12.9. The zero-order valence-corrected chi connectivity index (χ0v) is 9.64. The molecule has 0 amide bonds. The number of rotatable bonds is 0. The highest BCUT2D eigenvalue weighted by Crippen LogP contribution is 2.31. The lowest BCUT2D eigenvalue weighted by Crippen LogP contribution is -2.24. The maximum absolute atomic E-state index is 12.3. The second kappa shape index (κ2) is 6.02. The van der Waals surface area contributed by atoms with Crippen LogP contribution in [-0.4, -0.2) is 18.3 Å². The molecule has 0 aliphatic carbocycles. The van der Waals surface area contributed by atoms with E-state index >= 15 is 0 Å². The van der Waals surface area contributed by atoms with E-state index < -0.39 is 11.7 Å². The predicted octanol–water partition coefficient (Wildman–Crippen LogP) is 2.35. The van der Waals surface area contributed by atoms with Crippen molar-refractivity contribution < 1.29 is 18.3 Å². The molecule has 1 aromatic carbocycles. The van der Waals surface area contributed by atoms with Crippen molar-refractivity contribution in [2.24, 2.45) is 0 Å². The fourth-order valence-electron chi connectivity index (χ4n) is 1.66. The average molecular weight is 247 g/mol. The summed E-state index contributed by atoms with van der Waals surface area (Å²) < 4.78 is 37.0. The Morgan fingerprint density at radius 1 is 1.29 bits per heavy atom. The SMILES string of the molecule is CCO.FC(F)(F)c1ccc2c(c1)CNCC2. The van der Waals surface area contributed by atoms with Gasteiger partial charge in [0.15, 0.2) is 0 Å². The summed E-state index contributed by atoms with van der Waals surface area (Å²) >= 11 is 0. The van der Waals surface area contributed by atoms with Gasteiger partial charge in [0.05, 0.1) is 5.56 Å². The Morgan fingerprint density at radius 3 is 2.53 bits per heavy atom. The number of halogens is 3. The van der Waals surface area contributed by atoms with Gasteiger partial charge in [-0.15, -0.1) is 0 Å². The van der Waals surface area contributed by atoms with Crippen LogP contribution >= 0.6 is 0 Å². The van der Waals surface area contributed by atoms with E-state index in [4.69, 9.17) is 5.11 Å². The van der Waals surface area contributed by atoms with Gasteiger partial charge in [-0.05, 0) is 43.1 Å². The molecule has 0 saturated heterocycles. The quantitative estimate of drug-likeness (QED) is 0.737. The van der Waals surface area contributed by atoms with Gasteiger partial charge in [0, 0.05) is 13.2 Å². The first kappa shape index (κ1) is 14.0. The van der Waals surface area contributed by atoms with Gasteiger partial charge in [0.25, 0.3) is 0 Å². The molecule has 0 spiro atoms.